The molecule has 1 aliphatic carbocycles. The molecule has 1 fully saturated rings. The van der Waals surface area contributed by atoms with E-state index < -0.39 is 9.84 Å². The second-order valence-corrected chi connectivity index (χ2v) is 8.09. The molecule has 22 heavy (non-hydrogen) atoms. The molecule has 1 aromatic rings. The quantitative estimate of drug-likeness (QED) is 0.786. The number of hydrogen-bond acceptors (Lipinski definition) is 4. The van der Waals surface area contributed by atoms with Gasteiger partial charge < -0.3 is 11.1 Å². The molecule has 0 aliphatic heterocycles. The number of amides is 1. The molecule has 5 nitrogen and oxygen atoms in total. The van der Waals surface area contributed by atoms with E-state index in [2.05, 4.69) is 5.32 Å². The number of hydrogen-bond donors (Lipinski definition) is 2. The highest BCUT2D eigenvalue weighted by Gasteiger charge is 2.31. The van der Waals surface area contributed by atoms with Crippen LogP contribution in [-0.2, 0) is 20.4 Å². The van der Waals surface area contributed by atoms with Gasteiger partial charge in [-0.05, 0) is 30.9 Å². The Morgan fingerprint density at radius 2 is 1.95 bits per heavy atom. The van der Waals surface area contributed by atoms with E-state index in [4.69, 9.17) is 5.73 Å². The van der Waals surface area contributed by atoms with Crippen molar-refractivity contribution in [2.75, 3.05) is 18.8 Å². The average Bonchev–Trinajstić information content (AvgIpc) is 2.96. The highest BCUT2D eigenvalue weighted by Crippen LogP contribution is 2.30. The fraction of sp³-hybridized carbons (Fsp3) is 0.562. The summed E-state index contributed by atoms with van der Waals surface area (Å²) in [6.45, 7) is 0.687. The molecule has 1 aliphatic rings. The standard InChI is InChI=1S/C16H24N2O3S/c17-11-14-7-4-8-15(14)16(19)18-9-10-22(20,21)12-13-5-2-1-3-6-13/h1-3,5-6,14-15H,4,7-12,17H2,(H,18,19)/t14-,15-/m1/s1. The van der Waals surface area contributed by atoms with Crippen molar-refractivity contribution in [3.63, 3.8) is 0 Å². The highest BCUT2D eigenvalue weighted by molar-refractivity contribution is 7.90. The molecule has 2 rings (SSSR count). The van der Waals surface area contributed by atoms with Crippen molar-refractivity contribution < 1.29 is 13.2 Å². The van der Waals surface area contributed by atoms with E-state index in [0.717, 1.165) is 24.8 Å². The molecule has 0 heterocycles. The van der Waals surface area contributed by atoms with Crippen LogP contribution in [0, 0.1) is 11.8 Å². The number of carbonyl (C=O) groups is 1. The zero-order valence-corrected chi connectivity index (χ0v) is 13.5. The minimum Gasteiger partial charge on any atom is -0.355 e. The van der Waals surface area contributed by atoms with E-state index in [0.29, 0.717) is 6.54 Å². The van der Waals surface area contributed by atoms with Crippen molar-refractivity contribution in [2.45, 2.75) is 25.0 Å². The Bertz CT molecular complexity index is 587. The molecule has 3 N–H and O–H groups in total. The van der Waals surface area contributed by atoms with Crippen LogP contribution in [0.1, 0.15) is 24.8 Å². The minimum atomic E-state index is -3.21. The number of carbonyl (C=O) groups excluding carboxylic acids is 1. The summed E-state index contributed by atoms with van der Waals surface area (Å²) in [6, 6.07) is 9.08. The molecule has 1 amide bonds. The number of benzene rings is 1. The van der Waals surface area contributed by atoms with Crippen LogP contribution in [0.3, 0.4) is 0 Å². The first-order valence-corrected chi connectivity index (χ1v) is 9.56. The molecule has 0 bridgehead atoms. The van der Waals surface area contributed by atoms with Gasteiger partial charge in [0.2, 0.25) is 5.91 Å². The maximum atomic E-state index is 12.1. The van der Waals surface area contributed by atoms with Crippen LogP contribution in [0.4, 0.5) is 0 Å². The first-order chi connectivity index (χ1) is 10.5. The highest BCUT2D eigenvalue weighted by atomic mass is 32.2. The number of nitrogens with two attached hydrogens (primary N) is 1. The van der Waals surface area contributed by atoms with E-state index in [1.807, 2.05) is 18.2 Å². The average molecular weight is 324 g/mol. The second-order valence-electron chi connectivity index (χ2n) is 5.90. The Kier molecular flexibility index (Phi) is 5.97. The summed E-state index contributed by atoms with van der Waals surface area (Å²) < 4.78 is 24.1. The third-order valence-corrected chi connectivity index (χ3v) is 5.84. The lowest BCUT2D eigenvalue weighted by atomic mass is 9.95. The van der Waals surface area contributed by atoms with Crippen LogP contribution >= 0.6 is 0 Å². The molecular formula is C16H24N2O3S. The second kappa shape index (κ2) is 7.74. The van der Waals surface area contributed by atoms with Gasteiger partial charge in [0.1, 0.15) is 0 Å². The van der Waals surface area contributed by atoms with E-state index in [1.165, 1.54) is 0 Å². The molecule has 0 saturated heterocycles. The molecule has 1 saturated carbocycles. The fourth-order valence-corrected chi connectivity index (χ4v) is 4.28. The van der Waals surface area contributed by atoms with Crippen molar-refractivity contribution in [1.82, 2.24) is 5.32 Å². The Morgan fingerprint density at radius 1 is 1.23 bits per heavy atom. The maximum Gasteiger partial charge on any atom is 0.223 e. The molecule has 122 valence electrons. The van der Waals surface area contributed by atoms with Crippen LogP contribution in [-0.4, -0.2) is 33.2 Å². The zero-order valence-electron chi connectivity index (χ0n) is 12.7. The first-order valence-electron chi connectivity index (χ1n) is 7.74. The van der Waals surface area contributed by atoms with Gasteiger partial charge in [0.25, 0.3) is 0 Å². The van der Waals surface area contributed by atoms with Crippen molar-refractivity contribution in [3.05, 3.63) is 35.9 Å². The van der Waals surface area contributed by atoms with Crippen LogP contribution in [0.25, 0.3) is 0 Å². The lowest BCUT2D eigenvalue weighted by molar-refractivity contribution is -0.125. The van der Waals surface area contributed by atoms with Crippen LogP contribution in [0.2, 0.25) is 0 Å². The predicted molar refractivity (Wildman–Crippen MR) is 86.8 cm³/mol. The van der Waals surface area contributed by atoms with Crippen molar-refractivity contribution in [2.24, 2.45) is 17.6 Å². The Balaban J connectivity index is 1.79. The van der Waals surface area contributed by atoms with E-state index in [1.54, 1.807) is 12.1 Å². The Labute approximate surface area is 132 Å². The van der Waals surface area contributed by atoms with Crippen molar-refractivity contribution in [3.8, 4) is 0 Å². The summed E-state index contributed by atoms with van der Waals surface area (Å²) in [4.78, 5) is 12.1. The summed E-state index contributed by atoms with van der Waals surface area (Å²) in [5.74, 6) is 0.109. The minimum absolute atomic E-state index is 0.0125. The molecular weight excluding hydrogens is 300 g/mol. The van der Waals surface area contributed by atoms with Crippen LogP contribution in [0.15, 0.2) is 30.3 Å². The molecule has 0 unspecified atom stereocenters. The summed E-state index contributed by atoms with van der Waals surface area (Å²) in [6.07, 6.45) is 2.86. The van der Waals surface area contributed by atoms with Gasteiger partial charge in [-0.1, -0.05) is 36.8 Å². The van der Waals surface area contributed by atoms with Gasteiger partial charge in [-0.2, -0.15) is 0 Å². The molecule has 0 radical (unpaired) electrons. The van der Waals surface area contributed by atoms with E-state index in [9.17, 15) is 13.2 Å². The summed E-state index contributed by atoms with van der Waals surface area (Å²) in [5, 5.41) is 2.76. The van der Waals surface area contributed by atoms with Crippen molar-refractivity contribution in [1.29, 1.82) is 0 Å². The Morgan fingerprint density at radius 3 is 2.64 bits per heavy atom. The molecule has 1 aromatic carbocycles. The number of sulfone groups is 1. The fourth-order valence-electron chi connectivity index (χ4n) is 3.03. The van der Waals surface area contributed by atoms with Crippen LogP contribution in [0.5, 0.6) is 0 Å². The number of nitrogens with one attached hydrogen (secondary N) is 1. The molecule has 2 atom stereocenters. The van der Waals surface area contributed by atoms with Gasteiger partial charge >= 0.3 is 0 Å². The first kappa shape index (κ1) is 17.0. The lowest BCUT2D eigenvalue weighted by Gasteiger charge is -2.17. The van der Waals surface area contributed by atoms with E-state index >= 15 is 0 Å². The molecule has 0 spiro atoms. The predicted octanol–water partition coefficient (Wildman–Crippen LogP) is 1.09. The summed E-state index contributed by atoms with van der Waals surface area (Å²) in [7, 11) is -3.21. The zero-order chi connectivity index (χ0) is 16.0. The van der Waals surface area contributed by atoms with Gasteiger partial charge in [-0.3, -0.25) is 4.79 Å². The molecule has 6 heteroatoms. The third-order valence-electron chi connectivity index (χ3n) is 4.24. The van der Waals surface area contributed by atoms with Gasteiger partial charge in [-0.15, -0.1) is 0 Å². The van der Waals surface area contributed by atoms with Gasteiger partial charge in [0, 0.05) is 12.5 Å². The monoisotopic (exact) mass is 324 g/mol. The van der Waals surface area contributed by atoms with E-state index in [-0.39, 0.29) is 35.8 Å². The lowest BCUT2D eigenvalue weighted by Crippen LogP contribution is -2.37. The normalized spacial score (nSPS) is 21.7. The van der Waals surface area contributed by atoms with Gasteiger partial charge in [-0.25, -0.2) is 8.42 Å². The maximum absolute atomic E-state index is 12.1. The third kappa shape index (κ3) is 4.81. The van der Waals surface area contributed by atoms with Gasteiger partial charge in [0.15, 0.2) is 9.84 Å². The topological polar surface area (TPSA) is 89.3 Å². The number of rotatable bonds is 7. The smallest absolute Gasteiger partial charge is 0.223 e. The summed E-state index contributed by atoms with van der Waals surface area (Å²) in [5.41, 5.74) is 6.44. The largest absolute Gasteiger partial charge is 0.355 e. The van der Waals surface area contributed by atoms with Crippen LogP contribution < -0.4 is 11.1 Å². The SMILES string of the molecule is NC[C@H]1CCC[C@H]1C(=O)NCCS(=O)(=O)Cc1ccccc1. The van der Waals surface area contributed by atoms with Gasteiger partial charge in [0.05, 0.1) is 11.5 Å². The summed E-state index contributed by atoms with van der Waals surface area (Å²) >= 11 is 0. The Hall–Kier alpha value is -1.40. The van der Waals surface area contributed by atoms with Crippen molar-refractivity contribution >= 4 is 15.7 Å². The molecule has 0 aromatic heterocycles.